The first-order valence-electron chi connectivity index (χ1n) is 17.9. The largest absolute Gasteiger partial charge is 0.481 e. The molecule has 0 aromatic heterocycles. The summed E-state index contributed by atoms with van der Waals surface area (Å²) in [6, 6.07) is -0.233. The van der Waals surface area contributed by atoms with Crippen molar-refractivity contribution in [1.29, 1.82) is 0 Å². The minimum absolute atomic E-state index is 0.00104. The Morgan fingerprint density at radius 1 is 0.936 bits per heavy atom. The molecule has 0 radical (unpaired) electrons. The van der Waals surface area contributed by atoms with E-state index in [0.29, 0.717) is 19.3 Å². The van der Waals surface area contributed by atoms with E-state index in [1.807, 2.05) is 13.0 Å². The van der Waals surface area contributed by atoms with Crippen LogP contribution in [0.25, 0.3) is 0 Å². The van der Waals surface area contributed by atoms with Crippen LogP contribution in [0, 0.1) is 50.2 Å². The highest BCUT2D eigenvalue weighted by molar-refractivity contribution is 5.95. The fraction of sp³-hybridized carbons (Fsp3) is 0.892. The number of aliphatic hydroxyl groups excluding tert-OH is 4. The molecule has 1 saturated heterocycles. The van der Waals surface area contributed by atoms with E-state index in [-0.39, 0.29) is 51.2 Å². The Morgan fingerprint density at radius 3 is 2.21 bits per heavy atom. The Morgan fingerprint density at radius 2 is 1.60 bits per heavy atom. The molecular weight excluding hydrogens is 602 g/mol. The van der Waals surface area contributed by atoms with Crippen LogP contribution in [0.4, 0.5) is 0 Å². The second-order valence-electron chi connectivity index (χ2n) is 18.2. The van der Waals surface area contributed by atoms with Crippen LogP contribution < -0.4 is 0 Å². The first kappa shape index (κ1) is 35.4. The molecule has 14 atom stereocenters. The van der Waals surface area contributed by atoms with Crippen LogP contribution in [-0.4, -0.2) is 92.8 Å². The lowest BCUT2D eigenvalue weighted by Crippen LogP contribution is -2.70. The lowest BCUT2D eigenvalue weighted by atomic mass is 9.33. The molecule has 266 valence electrons. The summed E-state index contributed by atoms with van der Waals surface area (Å²) in [7, 11) is 1.51. The predicted octanol–water partition coefficient (Wildman–Crippen LogP) is 4.08. The Labute approximate surface area is 279 Å². The lowest BCUT2D eigenvalue weighted by Gasteiger charge is -2.71. The fourth-order valence-corrected chi connectivity index (χ4v) is 12.5. The molecule has 0 aromatic carbocycles. The van der Waals surface area contributed by atoms with Gasteiger partial charge in [-0.2, -0.15) is 5.06 Å². The minimum atomic E-state index is -1.51. The molecule has 5 fully saturated rings. The Bertz CT molecular complexity index is 1320. The average molecular weight is 662 g/mol. The molecule has 4 saturated carbocycles. The van der Waals surface area contributed by atoms with Crippen LogP contribution in [0.1, 0.15) is 106 Å². The molecule has 6 aliphatic rings. The maximum absolute atomic E-state index is 14.7. The Kier molecular flexibility index (Phi) is 8.52. The molecule has 0 amide bonds. The maximum atomic E-state index is 14.7. The Hall–Kier alpha value is -1.40. The van der Waals surface area contributed by atoms with E-state index in [1.165, 1.54) is 12.7 Å². The summed E-state index contributed by atoms with van der Waals surface area (Å²) in [6.45, 7) is 15.1. The number of ketones is 1. The van der Waals surface area contributed by atoms with Crippen molar-refractivity contribution in [2.75, 3.05) is 13.7 Å². The smallest absolute Gasteiger partial charge is 0.309 e. The number of carboxylic acids is 1. The van der Waals surface area contributed by atoms with Gasteiger partial charge in [-0.1, -0.05) is 47.1 Å². The van der Waals surface area contributed by atoms with E-state index in [9.17, 15) is 35.1 Å². The van der Waals surface area contributed by atoms with Gasteiger partial charge in [0.25, 0.3) is 0 Å². The number of fused-ring (bicyclic) bond motifs is 7. The fourth-order valence-electron chi connectivity index (χ4n) is 12.5. The van der Waals surface area contributed by atoms with E-state index in [2.05, 4.69) is 41.5 Å². The third-order valence-electron chi connectivity index (χ3n) is 15.7. The van der Waals surface area contributed by atoms with E-state index in [1.54, 1.807) is 5.06 Å². The number of carbonyl (C=O) groups excluding carboxylic acids is 1. The van der Waals surface area contributed by atoms with Crippen molar-refractivity contribution in [3.8, 4) is 0 Å². The number of hydrogen-bond acceptors (Lipinski definition) is 9. The number of aliphatic carboxylic acids is 1. The molecule has 0 aromatic rings. The van der Waals surface area contributed by atoms with Gasteiger partial charge in [0.1, 0.15) is 24.4 Å². The van der Waals surface area contributed by atoms with Gasteiger partial charge in [-0.15, -0.1) is 0 Å². The number of nitrogens with zero attached hydrogens (tertiary/aromatic N) is 1. The zero-order valence-corrected chi connectivity index (χ0v) is 29.7. The van der Waals surface area contributed by atoms with Gasteiger partial charge in [0.2, 0.25) is 0 Å². The molecule has 14 unspecified atom stereocenters. The highest BCUT2D eigenvalue weighted by atomic mass is 16.7. The summed E-state index contributed by atoms with van der Waals surface area (Å²) in [5.41, 5.74) is -0.789. The van der Waals surface area contributed by atoms with Gasteiger partial charge in [-0.25, -0.2) is 0 Å². The molecule has 5 aliphatic carbocycles. The maximum Gasteiger partial charge on any atom is 0.309 e. The van der Waals surface area contributed by atoms with Crippen molar-refractivity contribution >= 4 is 11.8 Å². The highest BCUT2D eigenvalue weighted by Crippen LogP contribution is 2.75. The summed E-state index contributed by atoms with van der Waals surface area (Å²) >= 11 is 0. The van der Waals surface area contributed by atoms with Crippen molar-refractivity contribution in [1.82, 2.24) is 5.06 Å². The zero-order chi connectivity index (χ0) is 34.7. The molecule has 5 N–H and O–H groups in total. The molecule has 1 heterocycles. The molecular formula is C37H59NO9. The van der Waals surface area contributed by atoms with E-state index in [4.69, 9.17) is 9.57 Å². The number of carbonyl (C=O) groups is 2. The molecule has 0 bridgehead atoms. The van der Waals surface area contributed by atoms with Crippen molar-refractivity contribution in [3.63, 3.8) is 0 Å². The zero-order valence-electron chi connectivity index (χ0n) is 29.7. The predicted molar refractivity (Wildman–Crippen MR) is 173 cm³/mol. The third-order valence-corrected chi connectivity index (χ3v) is 15.7. The van der Waals surface area contributed by atoms with Crippen molar-refractivity contribution < 1.29 is 44.7 Å². The van der Waals surface area contributed by atoms with E-state index >= 15 is 0 Å². The van der Waals surface area contributed by atoms with Crippen LogP contribution in [0.2, 0.25) is 0 Å². The second-order valence-corrected chi connectivity index (χ2v) is 18.2. The summed E-state index contributed by atoms with van der Waals surface area (Å²) in [5, 5.41) is 53.6. The number of hydroxylamine groups is 2. The minimum Gasteiger partial charge on any atom is -0.481 e. The number of allylic oxidation sites excluding steroid dienone is 2. The first-order valence-corrected chi connectivity index (χ1v) is 17.9. The van der Waals surface area contributed by atoms with Gasteiger partial charge in [-0.05, 0) is 110 Å². The van der Waals surface area contributed by atoms with Gasteiger partial charge < -0.3 is 30.3 Å². The average Bonchev–Trinajstić information content (AvgIpc) is 3.00. The summed E-state index contributed by atoms with van der Waals surface area (Å²) < 4.78 is 5.96. The number of hydrogen-bond donors (Lipinski definition) is 5. The summed E-state index contributed by atoms with van der Waals surface area (Å²) in [5.74, 6) is -0.532. The lowest BCUT2D eigenvalue weighted by molar-refractivity contribution is -0.356. The van der Waals surface area contributed by atoms with Gasteiger partial charge in [-0.3, -0.25) is 14.4 Å². The number of aliphatic hydroxyl groups is 4. The molecule has 0 spiro atoms. The monoisotopic (exact) mass is 661 g/mol. The van der Waals surface area contributed by atoms with Crippen molar-refractivity contribution in [2.24, 2.45) is 50.2 Å². The molecule has 1 aliphatic heterocycles. The van der Waals surface area contributed by atoms with Gasteiger partial charge in [0.15, 0.2) is 12.0 Å². The van der Waals surface area contributed by atoms with Crippen molar-refractivity contribution in [3.05, 3.63) is 11.6 Å². The van der Waals surface area contributed by atoms with E-state index in [0.717, 1.165) is 38.5 Å². The molecule has 10 nitrogen and oxygen atoms in total. The molecule has 10 heteroatoms. The second kappa shape index (κ2) is 11.3. The van der Waals surface area contributed by atoms with Crippen LogP contribution in [0.3, 0.4) is 0 Å². The molecule has 47 heavy (non-hydrogen) atoms. The van der Waals surface area contributed by atoms with Crippen LogP contribution in [-0.2, 0) is 19.2 Å². The van der Waals surface area contributed by atoms with Gasteiger partial charge in [0, 0.05) is 12.0 Å². The molecule has 6 rings (SSSR count). The highest BCUT2D eigenvalue weighted by Gasteiger charge is 2.71. The quantitative estimate of drug-likeness (QED) is 0.272. The number of ether oxygens (including phenoxy) is 1. The SMILES string of the molecule is CON(C1OC(CO)C(O)C(O)C1O)C1CCC2(C)C(CCC3(C)C2C(=O)C=C2C4CC(C)(C(=O)O)CCC4(C)CCC23C)C1(C)C. The van der Waals surface area contributed by atoms with Gasteiger partial charge >= 0.3 is 5.97 Å². The first-order chi connectivity index (χ1) is 21.8. The normalized spacial score (nSPS) is 52.5. The standard InChI is InChI=1S/C37H59NO9/c1-32(2)24-9-12-37(7)29(22(40)17-20-21-18-34(4,31(44)45)14-13-33(21,3)15-16-36(20,37)6)35(24,5)11-10-25(32)38(46-8)30-28(43)27(42)26(41)23(19-39)47-30/h17,21,23-30,39,41-43H,9-16,18-19H2,1-8H3,(H,44,45). The Balaban J connectivity index is 1.35. The summed E-state index contributed by atoms with van der Waals surface area (Å²) in [6.07, 6.45) is 2.77. The van der Waals surface area contributed by atoms with Crippen LogP contribution in [0.5, 0.6) is 0 Å². The van der Waals surface area contributed by atoms with Crippen LogP contribution >= 0.6 is 0 Å². The van der Waals surface area contributed by atoms with Gasteiger partial charge in [0.05, 0.1) is 19.1 Å². The van der Waals surface area contributed by atoms with Crippen molar-refractivity contribution in [2.45, 2.75) is 143 Å². The summed E-state index contributed by atoms with van der Waals surface area (Å²) in [4.78, 5) is 33.1. The van der Waals surface area contributed by atoms with E-state index < -0.39 is 54.0 Å². The number of carboxylic acid groups (broad SMARTS) is 1. The third kappa shape index (κ3) is 4.75. The van der Waals surface area contributed by atoms with Crippen LogP contribution in [0.15, 0.2) is 11.6 Å². The number of rotatable bonds is 5. The topological polar surface area (TPSA) is 157 Å².